The van der Waals surface area contributed by atoms with Gasteiger partial charge in [-0.25, -0.2) is 0 Å². The maximum absolute atomic E-state index is 12.7. The van der Waals surface area contributed by atoms with E-state index in [4.69, 9.17) is 0 Å². The minimum atomic E-state index is -0.787. The molecule has 2 N–H and O–H groups in total. The lowest BCUT2D eigenvalue weighted by atomic mass is 10.0. The quantitative estimate of drug-likeness (QED) is 0.659. The molecule has 0 spiro atoms. The predicted octanol–water partition coefficient (Wildman–Crippen LogP) is 3.01. The Morgan fingerprint density at radius 3 is 1.78 bits per heavy atom. The fraction of sp³-hybridized carbons (Fsp3) is 0.263. The second kappa shape index (κ2) is 7.20. The molecule has 2 aromatic carbocycles. The van der Waals surface area contributed by atoms with Crippen LogP contribution in [0, 0.1) is 0 Å². The van der Waals surface area contributed by atoms with Gasteiger partial charge < -0.3 is 5.32 Å². The summed E-state index contributed by atoms with van der Waals surface area (Å²) in [6.45, 7) is 5.85. The third-order valence-corrected chi connectivity index (χ3v) is 3.21. The van der Waals surface area contributed by atoms with Gasteiger partial charge in [0, 0.05) is 16.7 Å². The molecule has 0 saturated heterocycles. The molecule has 23 heavy (non-hydrogen) atoms. The van der Waals surface area contributed by atoms with E-state index >= 15 is 0 Å². The second-order valence-corrected chi connectivity index (χ2v) is 6.40. The highest BCUT2D eigenvalue weighted by Gasteiger charge is 2.26. The van der Waals surface area contributed by atoms with Gasteiger partial charge in [-0.15, -0.1) is 0 Å². The van der Waals surface area contributed by atoms with Crippen molar-refractivity contribution in [2.45, 2.75) is 32.5 Å². The second-order valence-electron chi connectivity index (χ2n) is 6.40. The lowest BCUT2D eigenvalue weighted by Crippen LogP contribution is -2.56. The summed E-state index contributed by atoms with van der Waals surface area (Å²) in [5, 5.41) is 5.96. The van der Waals surface area contributed by atoms with Gasteiger partial charge in [-0.3, -0.25) is 14.9 Å². The molecular weight excluding hydrogens is 288 g/mol. The van der Waals surface area contributed by atoms with Crippen LogP contribution in [0.3, 0.4) is 0 Å². The summed E-state index contributed by atoms with van der Waals surface area (Å²) in [4.78, 5) is 25.1. The van der Waals surface area contributed by atoms with Gasteiger partial charge in [0.05, 0.1) is 0 Å². The molecule has 120 valence electrons. The zero-order valence-corrected chi connectivity index (χ0v) is 13.7. The Bertz CT molecular complexity index is 661. The SMILES string of the molecule is CC(C)(C)N[C@@H](NC(=O)c1ccccc1)C(=O)c1ccccc1. The Labute approximate surface area is 136 Å². The fourth-order valence-electron chi connectivity index (χ4n) is 2.17. The van der Waals surface area contributed by atoms with E-state index in [0.717, 1.165) is 0 Å². The molecule has 4 nitrogen and oxygen atoms in total. The molecule has 4 heteroatoms. The standard InChI is InChI=1S/C19H22N2O2/c1-19(2,3)21-17(16(22)14-10-6-4-7-11-14)20-18(23)15-12-8-5-9-13-15/h4-13,17,21H,1-3H3,(H,20,23)/t17-/m1/s1. The Kier molecular flexibility index (Phi) is 5.29. The van der Waals surface area contributed by atoms with E-state index < -0.39 is 6.17 Å². The van der Waals surface area contributed by atoms with Crippen molar-refractivity contribution in [1.82, 2.24) is 10.6 Å². The van der Waals surface area contributed by atoms with Gasteiger partial charge in [0.1, 0.15) is 6.17 Å². The maximum Gasteiger partial charge on any atom is 0.252 e. The summed E-state index contributed by atoms with van der Waals surface area (Å²) in [6.07, 6.45) is -0.787. The van der Waals surface area contributed by atoms with Crippen molar-refractivity contribution in [2.24, 2.45) is 0 Å². The summed E-state index contributed by atoms with van der Waals surface area (Å²) in [7, 11) is 0. The van der Waals surface area contributed by atoms with Crippen LogP contribution in [0.15, 0.2) is 60.7 Å². The van der Waals surface area contributed by atoms with Gasteiger partial charge in [-0.2, -0.15) is 0 Å². The first-order valence-corrected chi connectivity index (χ1v) is 7.60. The summed E-state index contributed by atoms with van der Waals surface area (Å²) in [5.41, 5.74) is 0.760. The van der Waals surface area contributed by atoms with E-state index in [1.165, 1.54) is 0 Å². The Morgan fingerprint density at radius 2 is 1.30 bits per heavy atom. The van der Waals surface area contributed by atoms with Crippen LogP contribution in [0.2, 0.25) is 0 Å². The van der Waals surface area contributed by atoms with Crippen LogP contribution in [-0.4, -0.2) is 23.4 Å². The van der Waals surface area contributed by atoms with Crippen LogP contribution in [0.1, 0.15) is 41.5 Å². The number of hydrogen-bond donors (Lipinski definition) is 2. The average Bonchev–Trinajstić information content (AvgIpc) is 2.54. The molecule has 0 aliphatic heterocycles. The van der Waals surface area contributed by atoms with Crippen LogP contribution in [0.25, 0.3) is 0 Å². The molecule has 0 heterocycles. The van der Waals surface area contributed by atoms with E-state index in [9.17, 15) is 9.59 Å². The monoisotopic (exact) mass is 310 g/mol. The van der Waals surface area contributed by atoms with E-state index in [1.807, 2.05) is 32.9 Å². The highest BCUT2D eigenvalue weighted by Crippen LogP contribution is 2.08. The molecule has 0 aromatic heterocycles. The molecule has 0 saturated carbocycles. The van der Waals surface area contributed by atoms with Crippen LogP contribution in [-0.2, 0) is 0 Å². The Hall–Kier alpha value is -2.46. The van der Waals surface area contributed by atoms with Crippen LogP contribution >= 0.6 is 0 Å². The molecule has 0 bridgehead atoms. The lowest BCUT2D eigenvalue weighted by Gasteiger charge is -2.28. The third-order valence-electron chi connectivity index (χ3n) is 3.21. The van der Waals surface area contributed by atoms with Gasteiger partial charge in [-0.05, 0) is 32.9 Å². The largest absolute Gasteiger partial charge is 0.330 e. The van der Waals surface area contributed by atoms with Crippen LogP contribution in [0.5, 0.6) is 0 Å². The Balaban J connectivity index is 2.21. The van der Waals surface area contributed by atoms with Crippen molar-refractivity contribution in [3.63, 3.8) is 0 Å². The van der Waals surface area contributed by atoms with Gasteiger partial charge >= 0.3 is 0 Å². The molecule has 1 atom stereocenters. The van der Waals surface area contributed by atoms with E-state index in [1.54, 1.807) is 48.5 Å². The molecular formula is C19H22N2O2. The van der Waals surface area contributed by atoms with Crippen molar-refractivity contribution in [3.8, 4) is 0 Å². The van der Waals surface area contributed by atoms with E-state index in [2.05, 4.69) is 10.6 Å². The summed E-state index contributed by atoms with van der Waals surface area (Å²) in [5.74, 6) is -0.443. The van der Waals surface area contributed by atoms with Crippen molar-refractivity contribution in [1.29, 1.82) is 0 Å². The van der Waals surface area contributed by atoms with E-state index in [-0.39, 0.29) is 17.2 Å². The molecule has 2 aromatic rings. The van der Waals surface area contributed by atoms with Gasteiger partial charge in [0.2, 0.25) is 0 Å². The van der Waals surface area contributed by atoms with Crippen LogP contribution in [0.4, 0.5) is 0 Å². The highest BCUT2D eigenvalue weighted by atomic mass is 16.2. The zero-order chi connectivity index (χ0) is 16.9. The lowest BCUT2D eigenvalue weighted by molar-refractivity contribution is 0.0819. The number of ketones is 1. The number of amides is 1. The normalized spacial score (nSPS) is 12.5. The first-order valence-electron chi connectivity index (χ1n) is 7.60. The number of carbonyl (C=O) groups excluding carboxylic acids is 2. The van der Waals surface area contributed by atoms with Crippen molar-refractivity contribution in [2.75, 3.05) is 0 Å². The smallest absolute Gasteiger partial charge is 0.252 e. The van der Waals surface area contributed by atoms with Gasteiger partial charge in [0.25, 0.3) is 5.91 Å². The molecule has 0 fully saturated rings. The van der Waals surface area contributed by atoms with E-state index in [0.29, 0.717) is 11.1 Å². The first-order chi connectivity index (χ1) is 10.9. The highest BCUT2D eigenvalue weighted by molar-refractivity contribution is 6.04. The van der Waals surface area contributed by atoms with Crippen molar-refractivity contribution < 1.29 is 9.59 Å². The number of rotatable bonds is 5. The van der Waals surface area contributed by atoms with Crippen molar-refractivity contribution >= 4 is 11.7 Å². The van der Waals surface area contributed by atoms with Crippen LogP contribution < -0.4 is 10.6 Å². The molecule has 0 unspecified atom stereocenters. The predicted molar refractivity (Wildman–Crippen MR) is 91.4 cm³/mol. The number of hydrogen-bond acceptors (Lipinski definition) is 3. The molecule has 0 radical (unpaired) electrons. The molecule has 1 amide bonds. The minimum Gasteiger partial charge on any atom is -0.330 e. The Morgan fingerprint density at radius 1 is 0.826 bits per heavy atom. The zero-order valence-electron chi connectivity index (χ0n) is 13.7. The number of Topliss-reactive ketones (excluding diaryl/α,β-unsaturated/α-hetero) is 1. The number of benzene rings is 2. The summed E-state index contributed by atoms with van der Waals surface area (Å²) >= 11 is 0. The molecule has 0 aliphatic rings. The van der Waals surface area contributed by atoms with Gasteiger partial charge in [0.15, 0.2) is 5.78 Å². The molecule has 0 aliphatic carbocycles. The summed E-state index contributed by atoms with van der Waals surface area (Å²) in [6, 6.07) is 17.8. The summed E-state index contributed by atoms with van der Waals surface area (Å²) < 4.78 is 0. The minimum absolute atomic E-state index is 0.162. The average molecular weight is 310 g/mol. The van der Waals surface area contributed by atoms with Crippen molar-refractivity contribution in [3.05, 3.63) is 71.8 Å². The third kappa shape index (κ3) is 5.04. The number of nitrogens with one attached hydrogen (secondary N) is 2. The van der Waals surface area contributed by atoms with Gasteiger partial charge in [-0.1, -0.05) is 48.5 Å². The number of carbonyl (C=O) groups is 2. The topological polar surface area (TPSA) is 58.2 Å². The first kappa shape index (κ1) is 16.9. The molecule has 2 rings (SSSR count). The maximum atomic E-state index is 12.7. The fourth-order valence-corrected chi connectivity index (χ4v) is 2.17.